The number of likely N-dealkylation sites (N-methyl/N-ethyl adjacent to an activating group) is 1. The standard InChI is InChI=1S/C19H20F3N3O2/c1-25-9-8-12-10-13(2-7-16(12)25)17(26)11-23-18(27)24-15-5-3-14(4-6-15)19(20,21)22/h2-7,10,17,26H,8-9,11H2,1H3,(H2,23,24,27)/t17-/m0/s1. The van der Waals surface area contributed by atoms with Crippen molar-refractivity contribution in [1.82, 2.24) is 5.32 Å². The minimum Gasteiger partial charge on any atom is -0.387 e. The Bertz CT molecular complexity index is 822. The summed E-state index contributed by atoms with van der Waals surface area (Å²) in [4.78, 5) is 14.0. The lowest BCUT2D eigenvalue weighted by atomic mass is 10.0. The van der Waals surface area contributed by atoms with Gasteiger partial charge in [0.15, 0.2) is 0 Å². The number of anilines is 2. The molecule has 0 aliphatic carbocycles. The first-order valence-corrected chi connectivity index (χ1v) is 8.48. The first-order chi connectivity index (χ1) is 12.7. The Kier molecular flexibility index (Phi) is 5.27. The number of benzene rings is 2. The van der Waals surface area contributed by atoms with Crippen LogP contribution in [0, 0.1) is 0 Å². The van der Waals surface area contributed by atoms with Crippen LogP contribution in [0.1, 0.15) is 22.8 Å². The van der Waals surface area contributed by atoms with Gasteiger partial charge in [0.1, 0.15) is 0 Å². The van der Waals surface area contributed by atoms with Gasteiger partial charge in [0.25, 0.3) is 0 Å². The summed E-state index contributed by atoms with van der Waals surface area (Å²) in [5, 5.41) is 15.2. The maximum absolute atomic E-state index is 12.5. The largest absolute Gasteiger partial charge is 0.416 e. The van der Waals surface area contributed by atoms with Gasteiger partial charge in [-0.1, -0.05) is 12.1 Å². The summed E-state index contributed by atoms with van der Waals surface area (Å²) >= 11 is 0. The van der Waals surface area contributed by atoms with E-state index in [1.807, 2.05) is 25.2 Å². The molecule has 3 N–H and O–H groups in total. The third-order valence-corrected chi connectivity index (χ3v) is 4.54. The van der Waals surface area contributed by atoms with Gasteiger partial charge in [0, 0.05) is 31.5 Å². The zero-order valence-corrected chi connectivity index (χ0v) is 14.7. The van der Waals surface area contributed by atoms with Gasteiger partial charge >= 0.3 is 12.2 Å². The molecule has 0 saturated carbocycles. The molecule has 2 amide bonds. The fourth-order valence-corrected chi connectivity index (χ4v) is 3.02. The number of halogens is 3. The molecular weight excluding hydrogens is 359 g/mol. The number of aliphatic hydroxyl groups is 1. The molecule has 1 heterocycles. The topological polar surface area (TPSA) is 64.6 Å². The zero-order valence-electron chi connectivity index (χ0n) is 14.7. The van der Waals surface area contributed by atoms with E-state index >= 15 is 0 Å². The zero-order chi connectivity index (χ0) is 19.6. The SMILES string of the molecule is CN1CCc2cc([C@@H](O)CNC(=O)Nc3ccc(C(F)(F)F)cc3)ccc21. The number of carbonyl (C=O) groups excluding carboxylic acids is 1. The smallest absolute Gasteiger partial charge is 0.387 e. The van der Waals surface area contributed by atoms with E-state index in [0.717, 1.165) is 36.3 Å². The van der Waals surface area contributed by atoms with Crippen LogP contribution in [-0.4, -0.2) is 31.3 Å². The van der Waals surface area contributed by atoms with Gasteiger partial charge in [-0.05, 0) is 47.9 Å². The van der Waals surface area contributed by atoms with Gasteiger partial charge < -0.3 is 20.6 Å². The van der Waals surface area contributed by atoms with Crippen LogP contribution in [0.5, 0.6) is 0 Å². The molecule has 2 aromatic carbocycles. The van der Waals surface area contributed by atoms with E-state index in [0.29, 0.717) is 5.56 Å². The fraction of sp³-hybridized carbons (Fsp3) is 0.316. The Morgan fingerprint density at radius 2 is 1.93 bits per heavy atom. The van der Waals surface area contributed by atoms with E-state index in [9.17, 15) is 23.1 Å². The predicted molar refractivity (Wildman–Crippen MR) is 96.8 cm³/mol. The summed E-state index contributed by atoms with van der Waals surface area (Å²) in [5.41, 5.74) is 2.45. The van der Waals surface area contributed by atoms with Crippen molar-refractivity contribution < 1.29 is 23.1 Å². The van der Waals surface area contributed by atoms with Crippen LogP contribution < -0.4 is 15.5 Å². The van der Waals surface area contributed by atoms with E-state index in [1.54, 1.807) is 0 Å². The maximum Gasteiger partial charge on any atom is 0.416 e. The quantitative estimate of drug-likeness (QED) is 0.761. The molecule has 0 unspecified atom stereocenters. The van der Waals surface area contributed by atoms with Gasteiger partial charge in [0.2, 0.25) is 0 Å². The average molecular weight is 379 g/mol. The summed E-state index contributed by atoms with van der Waals surface area (Å²) in [7, 11) is 2.01. The molecule has 0 radical (unpaired) electrons. The lowest BCUT2D eigenvalue weighted by molar-refractivity contribution is -0.137. The van der Waals surface area contributed by atoms with Crippen molar-refractivity contribution in [3.05, 3.63) is 59.2 Å². The number of fused-ring (bicyclic) bond motifs is 1. The number of rotatable bonds is 4. The van der Waals surface area contributed by atoms with Gasteiger partial charge in [0.05, 0.1) is 11.7 Å². The number of hydrogen-bond acceptors (Lipinski definition) is 3. The second-order valence-corrected chi connectivity index (χ2v) is 6.49. The molecule has 1 aliphatic heterocycles. The van der Waals surface area contributed by atoms with E-state index in [-0.39, 0.29) is 12.2 Å². The molecule has 0 bridgehead atoms. The maximum atomic E-state index is 12.5. The van der Waals surface area contributed by atoms with Crippen LogP contribution in [0.2, 0.25) is 0 Å². The van der Waals surface area contributed by atoms with Crippen LogP contribution in [0.25, 0.3) is 0 Å². The highest BCUT2D eigenvalue weighted by Crippen LogP contribution is 2.30. The normalized spacial score (nSPS) is 14.6. The molecule has 1 aliphatic rings. The number of amides is 2. The summed E-state index contributed by atoms with van der Waals surface area (Å²) < 4.78 is 37.6. The third-order valence-electron chi connectivity index (χ3n) is 4.54. The predicted octanol–water partition coefficient (Wildman–Crippen LogP) is 3.55. The Morgan fingerprint density at radius 1 is 1.22 bits per heavy atom. The van der Waals surface area contributed by atoms with Crippen LogP contribution >= 0.6 is 0 Å². The van der Waals surface area contributed by atoms with Crippen molar-refractivity contribution >= 4 is 17.4 Å². The molecule has 1 atom stereocenters. The highest BCUT2D eigenvalue weighted by Gasteiger charge is 2.30. The lowest BCUT2D eigenvalue weighted by Gasteiger charge is -2.16. The lowest BCUT2D eigenvalue weighted by Crippen LogP contribution is -2.32. The number of alkyl halides is 3. The summed E-state index contributed by atoms with van der Waals surface area (Å²) in [5.74, 6) is 0. The highest BCUT2D eigenvalue weighted by molar-refractivity contribution is 5.89. The molecule has 0 aromatic heterocycles. The second kappa shape index (κ2) is 7.48. The number of carbonyl (C=O) groups is 1. The van der Waals surface area contributed by atoms with Crippen molar-refractivity contribution in [2.24, 2.45) is 0 Å². The molecular formula is C19H20F3N3O2. The number of nitrogens with one attached hydrogen (secondary N) is 2. The number of hydrogen-bond donors (Lipinski definition) is 3. The molecule has 5 nitrogen and oxygen atoms in total. The minimum atomic E-state index is -4.42. The monoisotopic (exact) mass is 379 g/mol. The fourth-order valence-electron chi connectivity index (χ4n) is 3.02. The van der Waals surface area contributed by atoms with E-state index in [4.69, 9.17) is 0 Å². The molecule has 3 rings (SSSR count). The number of aliphatic hydroxyl groups excluding tert-OH is 1. The molecule has 2 aromatic rings. The second-order valence-electron chi connectivity index (χ2n) is 6.49. The molecule has 0 spiro atoms. The Labute approximate surface area is 154 Å². The van der Waals surface area contributed by atoms with Crippen LogP contribution in [0.3, 0.4) is 0 Å². The van der Waals surface area contributed by atoms with Gasteiger partial charge in [-0.15, -0.1) is 0 Å². The van der Waals surface area contributed by atoms with Gasteiger partial charge in [-0.3, -0.25) is 0 Å². The first-order valence-electron chi connectivity index (χ1n) is 8.48. The van der Waals surface area contributed by atoms with Crippen LogP contribution in [0.4, 0.5) is 29.3 Å². The number of urea groups is 1. The summed E-state index contributed by atoms with van der Waals surface area (Å²) in [6, 6.07) is 9.24. The van der Waals surface area contributed by atoms with Crippen molar-refractivity contribution in [3.63, 3.8) is 0 Å². The van der Waals surface area contributed by atoms with Gasteiger partial charge in [-0.25, -0.2) is 4.79 Å². The van der Waals surface area contributed by atoms with Crippen molar-refractivity contribution in [3.8, 4) is 0 Å². The first kappa shape index (κ1) is 19.0. The number of nitrogens with zero attached hydrogens (tertiary/aromatic N) is 1. The van der Waals surface area contributed by atoms with Crippen molar-refractivity contribution in [2.75, 3.05) is 30.4 Å². The van der Waals surface area contributed by atoms with Crippen LogP contribution in [-0.2, 0) is 12.6 Å². The molecule has 0 fully saturated rings. The van der Waals surface area contributed by atoms with Crippen molar-refractivity contribution in [1.29, 1.82) is 0 Å². The Balaban J connectivity index is 1.53. The third kappa shape index (κ3) is 4.51. The summed E-state index contributed by atoms with van der Waals surface area (Å²) in [6.07, 6.45) is -4.39. The Hall–Kier alpha value is -2.74. The van der Waals surface area contributed by atoms with Crippen LogP contribution in [0.15, 0.2) is 42.5 Å². The average Bonchev–Trinajstić information content (AvgIpc) is 3.00. The molecule has 0 saturated heterocycles. The van der Waals surface area contributed by atoms with Crippen molar-refractivity contribution in [2.45, 2.75) is 18.7 Å². The van der Waals surface area contributed by atoms with Gasteiger partial charge in [-0.2, -0.15) is 13.2 Å². The Morgan fingerprint density at radius 3 is 2.59 bits per heavy atom. The summed E-state index contributed by atoms with van der Waals surface area (Å²) in [6.45, 7) is 0.920. The molecule has 27 heavy (non-hydrogen) atoms. The van der Waals surface area contributed by atoms with E-state index in [2.05, 4.69) is 15.5 Å². The van der Waals surface area contributed by atoms with E-state index in [1.165, 1.54) is 12.1 Å². The highest BCUT2D eigenvalue weighted by atomic mass is 19.4. The molecule has 144 valence electrons. The molecule has 8 heteroatoms. The minimum absolute atomic E-state index is 0.0128. The van der Waals surface area contributed by atoms with E-state index < -0.39 is 23.9 Å².